The first kappa shape index (κ1) is 19.8. The van der Waals surface area contributed by atoms with E-state index in [4.69, 9.17) is 0 Å². The zero-order chi connectivity index (χ0) is 18.6. The Labute approximate surface area is 149 Å². The molecule has 2 atom stereocenters. The second-order valence-corrected chi connectivity index (χ2v) is 8.47. The van der Waals surface area contributed by atoms with E-state index in [-0.39, 0.29) is 29.0 Å². The van der Waals surface area contributed by atoms with Crippen molar-refractivity contribution in [2.24, 2.45) is 0 Å². The van der Waals surface area contributed by atoms with E-state index in [2.05, 4.69) is 10.0 Å². The predicted molar refractivity (Wildman–Crippen MR) is 96.8 cm³/mol. The van der Waals surface area contributed by atoms with Gasteiger partial charge in [0.2, 0.25) is 15.9 Å². The summed E-state index contributed by atoms with van der Waals surface area (Å²) in [5.41, 5.74) is 0.540. The fourth-order valence-corrected chi connectivity index (χ4v) is 4.09. The lowest BCUT2D eigenvalue weighted by Crippen LogP contribution is -2.48. The van der Waals surface area contributed by atoms with Gasteiger partial charge in [-0.3, -0.25) is 9.69 Å². The molecule has 1 heterocycles. The third-order valence-corrected chi connectivity index (χ3v) is 5.85. The van der Waals surface area contributed by atoms with Gasteiger partial charge in [0.05, 0.1) is 17.0 Å². The van der Waals surface area contributed by atoms with E-state index >= 15 is 0 Å². The minimum atomic E-state index is -3.54. The maximum Gasteiger partial charge on any atom is 0.241 e. The van der Waals surface area contributed by atoms with Gasteiger partial charge in [0.15, 0.2) is 0 Å². The normalized spacial score (nSPS) is 20.4. The van der Waals surface area contributed by atoms with Gasteiger partial charge in [0.1, 0.15) is 0 Å². The lowest BCUT2D eigenvalue weighted by Gasteiger charge is -2.33. The Bertz CT molecular complexity index is 688. The maximum absolute atomic E-state index is 12.4. The molecule has 2 rings (SSSR count). The van der Waals surface area contributed by atoms with Gasteiger partial charge in [-0.05, 0) is 64.4 Å². The van der Waals surface area contributed by atoms with Crippen LogP contribution in [0.5, 0.6) is 0 Å². The Kier molecular flexibility index (Phi) is 6.56. The van der Waals surface area contributed by atoms with Crippen LogP contribution in [0.2, 0.25) is 0 Å². The minimum Gasteiger partial charge on any atom is -0.392 e. The Balaban J connectivity index is 1.99. The van der Waals surface area contributed by atoms with Crippen LogP contribution >= 0.6 is 0 Å². The van der Waals surface area contributed by atoms with Crippen LogP contribution in [0.3, 0.4) is 0 Å². The minimum absolute atomic E-state index is 0.159. The third-order valence-electron chi connectivity index (χ3n) is 4.18. The molecule has 140 valence electrons. The summed E-state index contributed by atoms with van der Waals surface area (Å²) in [5.74, 6) is -0.176. The molecule has 1 aromatic carbocycles. The number of anilines is 1. The van der Waals surface area contributed by atoms with E-state index < -0.39 is 10.0 Å². The quantitative estimate of drug-likeness (QED) is 0.699. The molecule has 0 aliphatic carbocycles. The van der Waals surface area contributed by atoms with Gasteiger partial charge in [0.25, 0.3) is 0 Å². The van der Waals surface area contributed by atoms with Gasteiger partial charge >= 0.3 is 0 Å². The lowest BCUT2D eigenvalue weighted by atomic mass is 10.1. The molecule has 1 amide bonds. The molecule has 1 aliphatic rings. The summed E-state index contributed by atoms with van der Waals surface area (Å²) >= 11 is 0. The average Bonchev–Trinajstić information content (AvgIpc) is 2.53. The number of amides is 1. The van der Waals surface area contributed by atoms with Gasteiger partial charge in [-0.15, -0.1) is 0 Å². The van der Waals surface area contributed by atoms with Crippen LogP contribution in [0.1, 0.15) is 33.6 Å². The number of sulfonamides is 1. The molecule has 0 spiro atoms. The van der Waals surface area contributed by atoms with E-state index in [0.29, 0.717) is 12.2 Å². The highest BCUT2D eigenvalue weighted by Gasteiger charge is 2.26. The molecule has 3 N–H and O–H groups in total. The summed E-state index contributed by atoms with van der Waals surface area (Å²) in [4.78, 5) is 14.5. The molecule has 7 nitrogen and oxygen atoms in total. The molecule has 0 saturated carbocycles. The molecule has 2 unspecified atom stereocenters. The first-order valence-electron chi connectivity index (χ1n) is 8.54. The monoisotopic (exact) mass is 369 g/mol. The number of carbonyl (C=O) groups is 1. The van der Waals surface area contributed by atoms with Gasteiger partial charge in [-0.25, -0.2) is 13.1 Å². The molecule has 1 aromatic rings. The Hall–Kier alpha value is -1.48. The average molecular weight is 369 g/mol. The molecule has 25 heavy (non-hydrogen) atoms. The number of likely N-dealkylation sites (tertiary alicyclic amines) is 1. The number of hydrogen-bond donors (Lipinski definition) is 3. The van der Waals surface area contributed by atoms with Gasteiger partial charge in [-0.1, -0.05) is 0 Å². The molecule has 1 fully saturated rings. The van der Waals surface area contributed by atoms with Crippen LogP contribution in [0.4, 0.5) is 5.69 Å². The number of β-amino-alcohol motifs (C(OH)–C–C–N with tert-alkyl or cyclic N) is 1. The van der Waals surface area contributed by atoms with Crippen molar-refractivity contribution in [1.82, 2.24) is 9.62 Å². The van der Waals surface area contributed by atoms with Crippen molar-refractivity contribution < 1.29 is 18.3 Å². The van der Waals surface area contributed by atoms with E-state index in [1.54, 1.807) is 32.9 Å². The van der Waals surface area contributed by atoms with Crippen LogP contribution in [0.15, 0.2) is 29.2 Å². The molecule has 0 radical (unpaired) electrons. The highest BCUT2D eigenvalue weighted by molar-refractivity contribution is 7.89. The summed E-state index contributed by atoms with van der Waals surface area (Å²) in [7, 11) is -3.54. The SMILES string of the molecule is CC(C)NS(=O)(=O)c1ccc(NC(=O)C(C)N2CCCC(O)C2)cc1. The number of hydrogen-bond acceptors (Lipinski definition) is 5. The standard InChI is InChI=1S/C17H27N3O4S/c1-12(2)19-25(23,24)16-8-6-14(7-9-16)18-17(22)13(3)20-10-4-5-15(21)11-20/h6-9,12-13,15,19,21H,4-5,10-11H2,1-3H3,(H,18,22). The second-order valence-electron chi connectivity index (χ2n) is 6.76. The predicted octanol–water partition coefficient (Wildman–Crippen LogP) is 1.16. The van der Waals surface area contributed by atoms with Crippen LogP contribution in [-0.4, -0.2) is 55.6 Å². The van der Waals surface area contributed by atoms with Crippen molar-refractivity contribution in [1.29, 1.82) is 0 Å². The van der Waals surface area contributed by atoms with E-state index in [1.807, 2.05) is 4.90 Å². The molecule has 0 aromatic heterocycles. The van der Waals surface area contributed by atoms with Crippen molar-refractivity contribution in [3.05, 3.63) is 24.3 Å². The molecular formula is C17H27N3O4S. The number of rotatable bonds is 6. The first-order chi connectivity index (χ1) is 11.7. The van der Waals surface area contributed by atoms with Crippen molar-refractivity contribution >= 4 is 21.6 Å². The zero-order valence-corrected chi connectivity index (χ0v) is 15.7. The number of aliphatic hydroxyl groups is 1. The summed E-state index contributed by atoms with van der Waals surface area (Å²) in [6.07, 6.45) is 1.25. The van der Waals surface area contributed by atoms with E-state index in [9.17, 15) is 18.3 Å². The molecular weight excluding hydrogens is 342 g/mol. The number of nitrogens with zero attached hydrogens (tertiary/aromatic N) is 1. The lowest BCUT2D eigenvalue weighted by molar-refractivity contribution is -0.121. The number of carbonyl (C=O) groups excluding carboxylic acids is 1. The molecule has 1 aliphatic heterocycles. The van der Waals surface area contributed by atoms with Crippen LogP contribution in [0, 0.1) is 0 Å². The van der Waals surface area contributed by atoms with E-state index in [0.717, 1.165) is 19.4 Å². The van der Waals surface area contributed by atoms with Crippen molar-refractivity contribution in [2.75, 3.05) is 18.4 Å². The third kappa shape index (κ3) is 5.50. The van der Waals surface area contributed by atoms with Gasteiger partial charge < -0.3 is 10.4 Å². The number of benzene rings is 1. The van der Waals surface area contributed by atoms with Crippen molar-refractivity contribution in [2.45, 2.75) is 56.7 Å². The van der Waals surface area contributed by atoms with E-state index in [1.165, 1.54) is 12.1 Å². The summed E-state index contributed by atoms with van der Waals surface area (Å²) in [6, 6.07) is 5.53. The molecule has 0 bridgehead atoms. The van der Waals surface area contributed by atoms with Crippen LogP contribution in [-0.2, 0) is 14.8 Å². The molecule has 1 saturated heterocycles. The second kappa shape index (κ2) is 8.27. The summed E-state index contributed by atoms with van der Waals surface area (Å²) in [6.45, 7) is 6.59. The van der Waals surface area contributed by atoms with Crippen molar-refractivity contribution in [3.8, 4) is 0 Å². The Morgan fingerprint density at radius 1 is 1.24 bits per heavy atom. The largest absolute Gasteiger partial charge is 0.392 e. The summed E-state index contributed by atoms with van der Waals surface area (Å²) < 4.78 is 26.7. The van der Waals surface area contributed by atoms with Crippen LogP contribution in [0.25, 0.3) is 0 Å². The Morgan fingerprint density at radius 2 is 1.88 bits per heavy atom. The first-order valence-corrected chi connectivity index (χ1v) is 10.0. The highest BCUT2D eigenvalue weighted by atomic mass is 32.2. The fourth-order valence-electron chi connectivity index (χ4n) is 2.84. The Morgan fingerprint density at radius 3 is 2.44 bits per heavy atom. The number of aliphatic hydroxyl groups excluding tert-OH is 1. The van der Waals surface area contributed by atoms with Gasteiger partial charge in [0, 0.05) is 18.3 Å². The smallest absolute Gasteiger partial charge is 0.241 e. The fraction of sp³-hybridized carbons (Fsp3) is 0.588. The zero-order valence-electron chi connectivity index (χ0n) is 14.9. The van der Waals surface area contributed by atoms with Crippen LogP contribution < -0.4 is 10.0 Å². The van der Waals surface area contributed by atoms with Gasteiger partial charge in [-0.2, -0.15) is 0 Å². The molecule has 8 heteroatoms. The maximum atomic E-state index is 12.4. The topological polar surface area (TPSA) is 98.7 Å². The number of piperidine rings is 1. The summed E-state index contributed by atoms with van der Waals surface area (Å²) in [5, 5.41) is 12.5. The van der Waals surface area contributed by atoms with Crippen molar-refractivity contribution in [3.63, 3.8) is 0 Å². The number of nitrogens with one attached hydrogen (secondary N) is 2. The highest BCUT2D eigenvalue weighted by Crippen LogP contribution is 2.17.